The highest BCUT2D eigenvalue weighted by atomic mass is 35.5. The fourth-order valence-electron chi connectivity index (χ4n) is 1.92. The third-order valence-electron chi connectivity index (χ3n) is 2.95. The Labute approximate surface area is 113 Å². The van der Waals surface area contributed by atoms with E-state index in [2.05, 4.69) is 9.97 Å². The minimum Gasteiger partial charge on any atom is -0.338 e. The van der Waals surface area contributed by atoms with Gasteiger partial charge in [0, 0.05) is 16.7 Å². The first-order chi connectivity index (χ1) is 9.04. The van der Waals surface area contributed by atoms with E-state index in [1.54, 1.807) is 6.07 Å². The molecule has 0 aliphatic rings. The van der Waals surface area contributed by atoms with Crippen LogP contribution in [0.25, 0.3) is 22.4 Å². The number of imidazole rings is 1. The molecule has 0 aliphatic carbocycles. The molecule has 0 spiro atoms. The zero-order valence-corrected chi connectivity index (χ0v) is 10.7. The van der Waals surface area contributed by atoms with Crippen molar-refractivity contribution in [2.75, 3.05) is 0 Å². The normalized spacial score (nSPS) is 11.2. The summed E-state index contributed by atoms with van der Waals surface area (Å²) in [6.45, 7) is 1.89. The molecule has 0 radical (unpaired) electrons. The average Bonchev–Trinajstić information content (AvgIpc) is 2.76. The van der Waals surface area contributed by atoms with Crippen LogP contribution in [-0.4, -0.2) is 9.97 Å². The van der Waals surface area contributed by atoms with E-state index in [9.17, 15) is 8.78 Å². The first-order valence-electron chi connectivity index (χ1n) is 5.66. The average molecular weight is 279 g/mol. The molecule has 0 atom stereocenters. The van der Waals surface area contributed by atoms with Gasteiger partial charge in [-0.15, -0.1) is 0 Å². The molecule has 0 bridgehead atoms. The molecule has 0 saturated heterocycles. The van der Waals surface area contributed by atoms with Crippen LogP contribution in [0, 0.1) is 18.6 Å². The Morgan fingerprint density at radius 3 is 2.68 bits per heavy atom. The number of benzene rings is 2. The van der Waals surface area contributed by atoms with Gasteiger partial charge in [-0.25, -0.2) is 13.8 Å². The minimum absolute atomic E-state index is 0.119. The van der Waals surface area contributed by atoms with E-state index >= 15 is 0 Å². The molecule has 1 aromatic heterocycles. The Balaban J connectivity index is 2.20. The summed E-state index contributed by atoms with van der Waals surface area (Å²) >= 11 is 6.04. The van der Waals surface area contributed by atoms with Gasteiger partial charge in [0.05, 0.1) is 5.52 Å². The van der Waals surface area contributed by atoms with Gasteiger partial charge >= 0.3 is 0 Å². The van der Waals surface area contributed by atoms with Crippen molar-refractivity contribution >= 4 is 22.6 Å². The van der Waals surface area contributed by atoms with Crippen LogP contribution in [0.15, 0.2) is 30.3 Å². The van der Waals surface area contributed by atoms with Crippen LogP contribution in [0.4, 0.5) is 8.78 Å². The van der Waals surface area contributed by atoms with Crippen LogP contribution in [0.1, 0.15) is 5.56 Å². The number of halogens is 3. The van der Waals surface area contributed by atoms with Crippen molar-refractivity contribution in [2.24, 2.45) is 0 Å². The van der Waals surface area contributed by atoms with E-state index in [4.69, 9.17) is 11.6 Å². The lowest BCUT2D eigenvalue weighted by Gasteiger charge is -2.00. The summed E-state index contributed by atoms with van der Waals surface area (Å²) in [6, 6.07) is 7.44. The van der Waals surface area contributed by atoms with Gasteiger partial charge in [-0.3, -0.25) is 0 Å². The SMILES string of the molecule is Cc1ccc(-c2nc3c(F)cc(F)cc3[nH]2)cc1Cl. The Bertz CT molecular complexity index is 780. The minimum atomic E-state index is -0.685. The van der Waals surface area contributed by atoms with Gasteiger partial charge in [0.2, 0.25) is 0 Å². The highest BCUT2D eigenvalue weighted by molar-refractivity contribution is 6.31. The maximum atomic E-state index is 13.6. The maximum Gasteiger partial charge on any atom is 0.153 e. The highest BCUT2D eigenvalue weighted by Crippen LogP contribution is 2.26. The number of nitrogens with zero attached hydrogens (tertiary/aromatic N) is 1. The molecule has 5 heteroatoms. The molecule has 1 N–H and O–H groups in total. The predicted molar refractivity (Wildman–Crippen MR) is 71.2 cm³/mol. The number of aryl methyl sites for hydroxylation is 1. The van der Waals surface area contributed by atoms with Crippen LogP contribution in [0.3, 0.4) is 0 Å². The third-order valence-corrected chi connectivity index (χ3v) is 3.36. The molecule has 3 rings (SSSR count). The molecule has 0 amide bonds. The monoisotopic (exact) mass is 278 g/mol. The Kier molecular flexibility index (Phi) is 2.75. The van der Waals surface area contributed by atoms with Crippen LogP contribution in [0.5, 0.6) is 0 Å². The standard InChI is InChI=1S/C14H9ClF2N2/c1-7-2-3-8(4-10(7)15)14-18-12-6-9(16)5-11(17)13(12)19-14/h2-6H,1H3,(H,18,19). The van der Waals surface area contributed by atoms with Crippen molar-refractivity contribution < 1.29 is 8.78 Å². The molecule has 96 valence electrons. The molecule has 1 heterocycles. The Morgan fingerprint density at radius 2 is 1.95 bits per heavy atom. The van der Waals surface area contributed by atoms with Gasteiger partial charge in [-0.1, -0.05) is 23.7 Å². The largest absolute Gasteiger partial charge is 0.338 e. The molecule has 3 aromatic rings. The van der Waals surface area contributed by atoms with E-state index < -0.39 is 11.6 Å². The first kappa shape index (κ1) is 12.1. The molecule has 0 unspecified atom stereocenters. The molecule has 2 nitrogen and oxygen atoms in total. The molecular weight excluding hydrogens is 270 g/mol. The molecule has 0 aliphatic heterocycles. The Hall–Kier alpha value is -1.94. The van der Waals surface area contributed by atoms with Gasteiger partial charge in [0.1, 0.15) is 17.2 Å². The van der Waals surface area contributed by atoms with Gasteiger partial charge < -0.3 is 4.98 Å². The van der Waals surface area contributed by atoms with Crippen molar-refractivity contribution in [2.45, 2.75) is 6.92 Å². The number of fused-ring (bicyclic) bond motifs is 1. The van der Waals surface area contributed by atoms with Crippen LogP contribution in [-0.2, 0) is 0 Å². The quantitative estimate of drug-likeness (QED) is 0.699. The molecule has 2 aromatic carbocycles. The van der Waals surface area contributed by atoms with E-state index in [0.29, 0.717) is 16.4 Å². The maximum absolute atomic E-state index is 13.6. The van der Waals surface area contributed by atoms with Gasteiger partial charge in [-0.05, 0) is 24.6 Å². The number of aromatic nitrogens is 2. The second-order valence-electron chi connectivity index (χ2n) is 4.33. The zero-order chi connectivity index (χ0) is 13.6. The summed E-state index contributed by atoms with van der Waals surface area (Å²) in [6.07, 6.45) is 0. The van der Waals surface area contributed by atoms with Crippen molar-refractivity contribution in [3.05, 3.63) is 52.6 Å². The fraction of sp³-hybridized carbons (Fsp3) is 0.0714. The van der Waals surface area contributed by atoms with E-state index in [-0.39, 0.29) is 5.52 Å². The second-order valence-corrected chi connectivity index (χ2v) is 4.74. The topological polar surface area (TPSA) is 28.7 Å². The molecule has 19 heavy (non-hydrogen) atoms. The molecule has 0 saturated carbocycles. The number of rotatable bonds is 1. The lowest BCUT2D eigenvalue weighted by atomic mass is 10.1. The van der Waals surface area contributed by atoms with Crippen molar-refractivity contribution in [1.29, 1.82) is 0 Å². The van der Waals surface area contributed by atoms with Crippen molar-refractivity contribution in [3.63, 3.8) is 0 Å². The van der Waals surface area contributed by atoms with Crippen LogP contribution >= 0.6 is 11.6 Å². The fourth-order valence-corrected chi connectivity index (χ4v) is 2.10. The number of nitrogens with one attached hydrogen (secondary N) is 1. The number of H-pyrrole nitrogens is 1. The summed E-state index contributed by atoms with van der Waals surface area (Å²) in [5, 5.41) is 0.601. The van der Waals surface area contributed by atoms with Crippen molar-refractivity contribution in [1.82, 2.24) is 9.97 Å². The molecule has 0 fully saturated rings. The first-order valence-corrected chi connectivity index (χ1v) is 6.03. The van der Waals surface area contributed by atoms with Crippen LogP contribution < -0.4 is 0 Å². The zero-order valence-electron chi connectivity index (χ0n) is 9.97. The molecular formula is C14H9ClF2N2. The smallest absolute Gasteiger partial charge is 0.153 e. The summed E-state index contributed by atoms with van der Waals surface area (Å²) in [4.78, 5) is 7.03. The summed E-state index contributed by atoms with van der Waals surface area (Å²) in [5.74, 6) is -0.862. The van der Waals surface area contributed by atoms with Gasteiger partial charge in [0.15, 0.2) is 5.82 Å². The van der Waals surface area contributed by atoms with Crippen LogP contribution in [0.2, 0.25) is 5.02 Å². The summed E-state index contributed by atoms with van der Waals surface area (Å²) in [5.41, 5.74) is 2.11. The summed E-state index contributed by atoms with van der Waals surface area (Å²) in [7, 11) is 0. The third kappa shape index (κ3) is 2.08. The predicted octanol–water partition coefficient (Wildman–Crippen LogP) is 4.47. The number of hydrogen-bond acceptors (Lipinski definition) is 1. The lowest BCUT2D eigenvalue weighted by Crippen LogP contribution is -1.82. The Morgan fingerprint density at radius 1 is 1.16 bits per heavy atom. The summed E-state index contributed by atoms with van der Waals surface area (Å²) < 4.78 is 26.7. The van der Waals surface area contributed by atoms with E-state index in [1.165, 1.54) is 6.07 Å². The highest BCUT2D eigenvalue weighted by Gasteiger charge is 2.11. The second kappa shape index (κ2) is 4.31. The van der Waals surface area contributed by atoms with E-state index in [1.807, 2.05) is 19.1 Å². The number of hydrogen-bond donors (Lipinski definition) is 1. The van der Waals surface area contributed by atoms with Gasteiger partial charge in [-0.2, -0.15) is 0 Å². The lowest BCUT2D eigenvalue weighted by molar-refractivity contribution is 0.591. The van der Waals surface area contributed by atoms with Gasteiger partial charge in [0.25, 0.3) is 0 Å². The number of aromatic amines is 1. The van der Waals surface area contributed by atoms with E-state index in [0.717, 1.165) is 17.2 Å². The van der Waals surface area contributed by atoms with Crippen molar-refractivity contribution in [3.8, 4) is 11.4 Å².